The summed E-state index contributed by atoms with van der Waals surface area (Å²) in [7, 11) is 0. The van der Waals surface area contributed by atoms with E-state index in [0.29, 0.717) is 13.1 Å². The Bertz CT molecular complexity index is 350. The topological polar surface area (TPSA) is 41.1 Å². The van der Waals surface area contributed by atoms with Crippen molar-refractivity contribution in [3.63, 3.8) is 0 Å². The van der Waals surface area contributed by atoms with Gasteiger partial charge in [0, 0.05) is 12.6 Å². The van der Waals surface area contributed by atoms with Gasteiger partial charge in [0.15, 0.2) is 0 Å². The molecule has 0 unspecified atom stereocenters. The lowest BCUT2D eigenvalue weighted by molar-refractivity contribution is -0.120. The first-order valence-corrected chi connectivity index (χ1v) is 5.70. The summed E-state index contributed by atoms with van der Waals surface area (Å²) in [5, 5.41) is 5.96. The monoisotopic (exact) mass is 220 g/mol. The molecule has 0 bridgehead atoms. The van der Waals surface area contributed by atoms with Crippen molar-refractivity contribution >= 4 is 5.91 Å². The Morgan fingerprint density at radius 3 is 2.81 bits per heavy atom. The van der Waals surface area contributed by atoms with Gasteiger partial charge in [-0.3, -0.25) is 4.79 Å². The van der Waals surface area contributed by atoms with Crippen LogP contribution in [0.3, 0.4) is 0 Å². The highest BCUT2D eigenvalue weighted by atomic mass is 16.1. The number of aryl methyl sites for hydroxylation is 1. The number of benzene rings is 1. The number of carbonyl (C=O) groups excluding carboxylic acids is 1. The van der Waals surface area contributed by atoms with E-state index in [4.69, 9.17) is 0 Å². The number of hydrogen-bond acceptors (Lipinski definition) is 2. The van der Waals surface area contributed by atoms with Crippen LogP contribution >= 0.6 is 0 Å². The molecule has 3 heteroatoms. The third-order valence-corrected chi connectivity index (χ3v) is 2.48. The first-order chi connectivity index (χ1) is 7.63. The minimum atomic E-state index is 0.0435. The first-order valence-electron chi connectivity index (χ1n) is 5.70. The predicted molar refractivity (Wildman–Crippen MR) is 66.3 cm³/mol. The second-order valence-electron chi connectivity index (χ2n) is 3.97. The van der Waals surface area contributed by atoms with Gasteiger partial charge < -0.3 is 10.6 Å². The molecule has 1 aromatic rings. The second kappa shape index (κ2) is 6.28. The zero-order valence-electron chi connectivity index (χ0n) is 10.2. The molecule has 1 aromatic carbocycles. The molecule has 0 aliphatic carbocycles. The fraction of sp³-hybridized carbons (Fsp3) is 0.462. The first kappa shape index (κ1) is 12.7. The lowest BCUT2D eigenvalue weighted by atomic mass is 10.1. The summed E-state index contributed by atoms with van der Waals surface area (Å²) in [4.78, 5) is 11.3. The molecular formula is C13H20N2O. The molecule has 3 nitrogen and oxygen atoms in total. The number of likely N-dealkylation sites (N-methyl/N-ethyl adjacent to an activating group) is 1. The zero-order valence-corrected chi connectivity index (χ0v) is 10.2. The van der Waals surface area contributed by atoms with E-state index < -0.39 is 0 Å². The number of carbonyl (C=O) groups is 1. The fourth-order valence-electron chi connectivity index (χ4n) is 1.56. The summed E-state index contributed by atoms with van der Waals surface area (Å²) in [6, 6.07) is 8.51. The largest absolute Gasteiger partial charge is 0.355 e. The normalized spacial score (nSPS) is 12.2. The standard InChI is InChI=1S/C13H20N2O/c1-4-14-13(16)9-15-11(3)12-7-5-6-10(2)8-12/h5-8,11,15H,4,9H2,1-3H3,(H,14,16)/t11-/m0/s1. The van der Waals surface area contributed by atoms with Gasteiger partial charge in [0.05, 0.1) is 6.54 Å². The van der Waals surface area contributed by atoms with Gasteiger partial charge in [0.2, 0.25) is 5.91 Å². The highest BCUT2D eigenvalue weighted by molar-refractivity contribution is 5.77. The molecule has 0 radical (unpaired) electrons. The van der Waals surface area contributed by atoms with Crippen LogP contribution in [0.25, 0.3) is 0 Å². The minimum absolute atomic E-state index is 0.0435. The molecule has 1 amide bonds. The molecule has 0 heterocycles. The van der Waals surface area contributed by atoms with Crippen LogP contribution in [0.1, 0.15) is 31.0 Å². The Balaban J connectivity index is 2.46. The molecule has 16 heavy (non-hydrogen) atoms. The molecule has 0 saturated carbocycles. The Labute approximate surface area is 97.2 Å². The highest BCUT2D eigenvalue weighted by Crippen LogP contribution is 2.13. The van der Waals surface area contributed by atoms with Crippen LogP contribution in [-0.2, 0) is 4.79 Å². The number of rotatable bonds is 5. The van der Waals surface area contributed by atoms with Gasteiger partial charge in [-0.15, -0.1) is 0 Å². The second-order valence-corrected chi connectivity index (χ2v) is 3.97. The molecule has 2 N–H and O–H groups in total. The van der Waals surface area contributed by atoms with E-state index in [1.807, 2.05) is 13.0 Å². The molecule has 1 rings (SSSR count). The van der Waals surface area contributed by atoms with Crippen LogP contribution in [0.15, 0.2) is 24.3 Å². The van der Waals surface area contributed by atoms with Gasteiger partial charge in [-0.05, 0) is 26.3 Å². The van der Waals surface area contributed by atoms with Crippen molar-refractivity contribution in [3.05, 3.63) is 35.4 Å². The average molecular weight is 220 g/mol. The Morgan fingerprint density at radius 1 is 1.44 bits per heavy atom. The van der Waals surface area contributed by atoms with Gasteiger partial charge in [0.25, 0.3) is 0 Å². The number of amides is 1. The summed E-state index contributed by atoms with van der Waals surface area (Å²) < 4.78 is 0. The molecular weight excluding hydrogens is 200 g/mol. The molecule has 0 spiro atoms. The Hall–Kier alpha value is -1.35. The van der Waals surface area contributed by atoms with Crippen LogP contribution in [-0.4, -0.2) is 19.0 Å². The average Bonchev–Trinajstić information content (AvgIpc) is 2.26. The molecule has 0 aliphatic rings. The summed E-state index contributed by atoms with van der Waals surface area (Å²) in [5.41, 5.74) is 2.45. The van der Waals surface area contributed by atoms with Gasteiger partial charge in [-0.25, -0.2) is 0 Å². The third kappa shape index (κ3) is 4.03. The third-order valence-electron chi connectivity index (χ3n) is 2.48. The van der Waals surface area contributed by atoms with Crippen molar-refractivity contribution < 1.29 is 4.79 Å². The summed E-state index contributed by atoms with van der Waals surface area (Å²) in [6.45, 7) is 7.10. The smallest absolute Gasteiger partial charge is 0.233 e. The van der Waals surface area contributed by atoms with Crippen molar-refractivity contribution in [2.24, 2.45) is 0 Å². The zero-order chi connectivity index (χ0) is 12.0. The van der Waals surface area contributed by atoms with Crippen molar-refractivity contribution in [2.45, 2.75) is 26.8 Å². The maximum Gasteiger partial charge on any atom is 0.233 e. The van der Waals surface area contributed by atoms with Gasteiger partial charge in [0.1, 0.15) is 0 Å². The van der Waals surface area contributed by atoms with Crippen molar-refractivity contribution in [2.75, 3.05) is 13.1 Å². The molecule has 88 valence electrons. The highest BCUT2D eigenvalue weighted by Gasteiger charge is 2.06. The predicted octanol–water partition coefficient (Wildman–Crippen LogP) is 1.78. The van der Waals surface area contributed by atoms with Crippen LogP contribution in [0.4, 0.5) is 0 Å². The maximum absolute atomic E-state index is 11.3. The van der Waals surface area contributed by atoms with E-state index in [-0.39, 0.29) is 11.9 Å². The molecule has 0 aromatic heterocycles. The summed E-state index contributed by atoms with van der Waals surface area (Å²) in [6.07, 6.45) is 0. The molecule has 0 aliphatic heterocycles. The van der Waals surface area contributed by atoms with E-state index in [0.717, 1.165) is 0 Å². The summed E-state index contributed by atoms with van der Waals surface area (Å²) in [5.74, 6) is 0.0435. The van der Waals surface area contributed by atoms with Gasteiger partial charge in [-0.1, -0.05) is 29.8 Å². The maximum atomic E-state index is 11.3. The van der Waals surface area contributed by atoms with E-state index >= 15 is 0 Å². The minimum Gasteiger partial charge on any atom is -0.355 e. The summed E-state index contributed by atoms with van der Waals surface area (Å²) >= 11 is 0. The lowest BCUT2D eigenvalue weighted by Gasteiger charge is -2.14. The van der Waals surface area contributed by atoms with Crippen LogP contribution in [0.5, 0.6) is 0 Å². The Kier molecular flexibility index (Phi) is 4.99. The van der Waals surface area contributed by atoms with Gasteiger partial charge in [-0.2, -0.15) is 0 Å². The van der Waals surface area contributed by atoms with Crippen LogP contribution in [0.2, 0.25) is 0 Å². The molecule has 0 fully saturated rings. The van der Waals surface area contributed by atoms with Crippen molar-refractivity contribution in [1.29, 1.82) is 0 Å². The Morgan fingerprint density at radius 2 is 2.19 bits per heavy atom. The van der Waals surface area contributed by atoms with Crippen LogP contribution < -0.4 is 10.6 Å². The van der Waals surface area contributed by atoms with E-state index in [1.165, 1.54) is 11.1 Å². The number of hydrogen-bond donors (Lipinski definition) is 2. The lowest BCUT2D eigenvalue weighted by Crippen LogP contribution is -2.34. The molecule has 0 saturated heterocycles. The van der Waals surface area contributed by atoms with Gasteiger partial charge >= 0.3 is 0 Å². The quantitative estimate of drug-likeness (QED) is 0.794. The van der Waals surface area contributed by atoms with E-state index in [2.05, 4.69) is 42.7 Å². The van der Waals surface area contributed by atoms with Crippen molar-refractivity contribution in [1.82, 2.24) is 10.6 Å². The number of nitrogens with one attached hydrogen (secondary N) is 2. The molecule has 1 atom stereocenters. The fourth-order valence-corrected chi connectivity index (χ4v) is 1.56. The van der Waals surface area contributed by atoms with E-state index in [9.17, 15) is 4.79 Å². The SMILES string of the molecule is CCNC(=O)CN[C@@H](C)c1cccc(C)c1. The van der Waals surface area contributed by atoms with Crippen LogP contribution in [0, 0.1) is 6.92 Å². The van der Waals surface area contributed by atoms with E-state index in [1.54, 1.807) is 0 Å². The van der Waals surface area contributed by atoms with Crippen molar-refractivity contribution in [3.8, 4) is 0 Å².